The van der Waals surface area contributed by atoms with E-state index in [-0.39, 0.29) is 5.91 Å². The molecule has 1 aromatic carbocycles. The summed E-state index contributed by atoms with van der Waals surface area (Å²) in [5.41, 5.74) is 9.15. The molecule has 1 N–H and O–H groups in total. The number of likely N-dealkylation sites (tertiary alicyclic amines) is 1. The van der Waals surface area contributed by atoms with Crippen LogP contribution in [0, 0.1) is 12.8 Å². The van der Waals surface area contributed by atoms with Gasteiger partial charge in [0, 0.05) is 56.3 Å². The summed E-state index contributed by atoms with van der Waals surface area (Å²) in [7, 11) is 5.45. The highest BCUT2D eigenvalue weighted by molar-refractivity contribution is 5.94. The van der Waals surface area contributed by atoms with Gasteiger partial charge < -0.3 is 10.2 Å². The fourth-order valence-electron chi connectivity index (χ4n) is 5.81. The maximum absolute atomic E-state index is 12.3. The summed E-state index contributed by atoms with van der Waals surface area (Å²) < 4.78 is 0. The van der Waals surface area contributed by atoms with E-state index in [1.165, 1.54) is 22.3 Å². The van der Waals surface area contributed by atoms with Gasteiger partial charge >= 0.3 is 0 Å². The van der Waals surface area contributed by atoms with Crippen LogP contribution in [0.2, 0.25) is 0 Å². The van der Waals surface area contributed by atoms with E-state index in [9.17, 15) is 4.79 Å². The largest absolute Gasteiger partial charge is 0.372 e. The van der Waals surface area contributed by atoms with Crippen LogP contribution in [0.25, 0.3) is 17.3 Å². The van der Waals surface area contributed by atoms with Crippen molar-refractivity contribution in [2.75, 3.05) is 46.1 Å². The number of carbonyl (C=O) groups excluding carboxylic acids is 1. The van der Waals surface area contributed by atoms with Crippen molar-refractivity contribution in [2.45, 2.75) is 39.0 Å². The molecule has 3 heterocycles. The van der Waals surface area contributed by atoms with E-state index in [2.05, 4.69) is 58.5 Å². The van der Waals surface area contributed by atoms with E-state index >= 15 is 0 Å². The molecule has 2 aromatic heterocycles. The molecular weight excluding hydrogens is 472 g/mol. The molecule has 0 spiro atoms. The summed E-state index contributed by atoms with van der Waals surface area (Å²) in [6, 6.07) is 12.3. The molecule has 1 aliphatic heterocycles. The molecule has 1 unspecified atom stereocenters. The van der Waals surface area contributed by atoms with Crippen LogP contribution in [0.5, 0.6) is 0 Å². The second-order valence-corrected chi connectivity index (χ2v) is 10.9. The number of rotatable bonds is 6. The van der Waals surface area contributed by atoms with Crippen LogP contribution < -0.4 is 5.32 Å². The highest BCUT2D eigenvalue weighted by Crippen LogP contribution is 2.35. The molecule has 198 valence electrons. The molecule has 7 heteroatoms. The predicted molar refractivity (Wildman–Crippen MR) is 153 cm³/mol. The zero-order valence-corrected chi connectivity index (χ0v) is 23.2. The maximum atomic E-state index is 12.3. The first-order valence-corrected chi connectivity index (χ1v) is 13.6. The molecule has 0 saturated carbocycles. The van der Waals surface area contributed by atoms with Crippen LogP contribution in [0.1, 0.15) is 58.4 Å². The minimum Gasteiger partial charge on any atom is -0.372 e. The molecule has 38 heavy (non-hydrogen) atoms. The van der Waals surface area contributed by atoms with E-state index in [1.807, 2.05) is 31.4 Å². The van der Waals surface area contributed by atoms with Gasteiger partial charge in [-0.1, -0.05) is 24.6 Å². The van der Waals surface area contributed by atoms with E-state index in [4.69, 9.17) is 4.98 Å². The van der Waals surface area contributed by atoms with Gasteiger partial charge in [0.2, 0.25) is 0 Å². The van der Waals surface area contributed by atoms with Crippen LogP contribution in [0.4, 0.5) is 5.82 Å². The van der Waals surface area contributed by atoms with Gasteiger partial charge in [0.25, 0.3) is 5.91 Å². The highest BCUT2D eigenvalue weighted by Gasteiger charge is 2.27. The lowest BCUT2D eigenvalue weighted by Crippen LogP contribution is -2.36. The van der Waals surface area contributed by atoms with Gasteiger partial charge in [-0.15, -0.1) is 10.2 Å². The molecular formula is C31H38N6O. The highest BCUT2D eigenvalue weighted by atomic mass is 16.2. The topological polar surface area (TPSA) is 74.2 Å². The number of hydrogen-bond donors (Lipinski definition) is 1. The van der Waals surface area contributed by atoms with Crippen LogP contribution >= 0.6 is 0 Å². The summed E-state index contributed by atoms with van der Waals surface area (Å²) in [5, 5.41) is 11.8. The third-order valence-electron chi connectivity index (χ3n) is 8.09. The van der Waals surface area contributed by atoms with Crippen molar-refractivity contribution in [2.24, 2.45) is 5.92 Å². The van der Waals surface area contributed by atoms with Crippen molar-refractivity contribution < 1.29 is 4.79 Å². The van der Waals surface area contributed by atoms with Crippen molar-refractivity contribution in [3.05, 3.63) is 76.1 Å². The first kappa shape index (κ1) is 26.0. The van der Waals surface area contributed by atoms with Crippen molar-refractivity contribution in [1.29, 1.82) is 0 Å². The Kier molecular flexibility index (Phi) is 7.56. The Hall–Kier alpha value is -3.58. The van der Waals surface area contributed by atoms with E-state index in [0.717, 1.165) is 67.2 Å². The first-order valence-electron chi connectivity index (χ1n) is 13.6. The molecule has 7 nitrogen and oxygen atoms in total. The van der Waals surface area contributed by atoms with Crippen LogP contribution in [0.3, 0.4) is 0 Å². The minimum atomic E-state index is 0.0614. The molecule has 1 aliphatic carbocycles. The molecule has 0 bridgehead atoms. The lowest BCUT2D eigenvalue weighted by atomic mass is 9.83. The third-order valence-corrected chi connectivity index (χ3v) is 8.09. The normalized spacial score (nSPS) is 18.0. The van der Waals surface area contributed by atoms with E-state index in [1.54, 1.807) is 19.0 Å². The number of benzene rings is 1. The fourth-order valence-corrected chi connectivity index (χ4v) is 5.81. The summed E-state index contributed by atoms with van der Waals surface area (Å²) in [5.74, 6) is 1.83. The molecule has 1 atom stereocenters. The molecule has 1 amide bonds. The van der Waals surface area contributed by atoms with Gasteiger partial charge in [-0.2, -0.15) is 0 Å². The summed E-state index contributed by atoms with van der Waals surface area (Å²) in [4.78, 5) is 21.3. The van der Waals surface area contributed by atoms with Crippen molar-refractivity contribution in [1.82, 2.24) is 25.0 Å². The van der Waals surface area contributed by atoms with Crippen molar-refractivity contribution in [3.63, 3.8) is 0 Å². The monoisotopic (exact) mass is 510 g/mol. The van der Waals surface area contributed by atoms with Gasteiger partial charge in [0.1, 0.15) is 5.82 Å². The van der Waals surface area contributed by atoms with Gasteiger partial charge in [-0.05, 0) is 92.6 Å². The standard InChI is InChI=1S/C31H38N6O/c1-20-17-29-27(26(10-13-33-29)28-8-9-30(32-3)35-34-28)18-24(20)19-37-14-11-22(12-15-37)25-7-6-23(16-21(25)2)31(38)36(4)5/h6-10,13,16,18,20,22H,11-12,14-15,17,19H2,1-5H3,(H,32,35). The number of piperidine rings is 1. The summed E-state index contributed by atoms with van der Waals surface area (Å²) >= 11 is 0. The zero-order chi connectivity index (χ0) is 26.8. The van der Waals surface area contributed by atoms with Gasteiger partial charge in [0.05, 0.1) is 5.69 Å². The Morgan fingerprint density at radius 3 is 2.55 bits per heavy atom. The maximum Gasteiger partial charge on any atom is 0.253 e. The zero-order valence-electron chi connectivity index (χ0n) is 23.2. The predicted octanol–water partition coefficient (Wildman–Crippen LogP) is 5.05. The lowest BCUT2D eigenvalue weighted by molar-refractivity contribution is 0.0827. The van der Waals surface area contributed by atoms with Gasteiger partial charge in [0.15, 0.2) is 0 Å². The quantitative estimate of drug-likeness (QED) is 0.501. The Morgan fingerprint density at radius 2 is 1.89 bits per heavy atom. The number of nitrogens with one attached hydrogen (secondary N) is 1. The molecule has 5 rings (SSSR count). The number of amides is 1. The van der Waals surface area contributed by atoms with Crippen LogP contribution in [0.15, 0.2) is 48.2 Å². The number of aryl methyl sites for hydroxylation is 1. The number of carbonyl (C=O) groups is 1. The number of hydrogen-bond acceptors (Lipinski definition) is 6. The number of aromatic nitrogens is 3. The SMILES string of the molecule is CNc1ccc(-c2ccnc3c2C=C(CN2CCC(c4ccc(C(=O)N(C)C)cc4C)CC2)C(C)C3)nn1. The Labute approximate surface area is 226 Å². The van der Waals surface area contributed by atoms with E-state index in [0.29, 0.717) is 11.8 Å². The number of pyridine rings is 1. The summed E-state index contributed by atoms with van der Waals surface area (Å²) in [6.07, 6.45) is 7.48. The number of fused-ring (bicyclic) bond motifs is 1. The third kappa shape index (κ3) is 5.34. The smallest absolute Gasteiger partial charge is 0.253 e. The second-order valence-electron chi connectivity index (χ2n) is 10.9. The molecule has 0 radical (unpaired) electrons. The second kappa shape index (κ2) is 11.0. The Morgan fingerprint density at radius 1 is 1.11 bits per heavy atom. The van der Waals surface area contributed by atoms with Crippen LogP contribution in [-0.2, 0) is 6.42 Å². The summed E-state index contributed by atoms with van der Waals surface area (Å²) in [6.45, 7) is 7.60. The lowest BCUT2D eigenvalue weighted by Gasteiger charge is -2.35. The van der Waals surface area contributed by atoms with Gasteiger partial charge in [-0.3, -0.25) is 14.7 Å². The van der Waals surface area contributed by atoms with Crippen molar-refractivity contribution >= 4 is 17.8 Å². The van der Waals surface area contributed by atoms with Crippen molar-refractivity contribution in [3.8, 4) is 11.3 Å². The number of nitrogens with zero attached hydrogens (tertiary/aromatic N) is 5. The first-order chi connectivity index (χ1) is 18.3. The van der Waals surface area contributed by atoms with Gasteiger partial charge in [-0.25, -0.2) is 0 Å². The van der Waals surface area contributed by atoms with E-state index < -0.39 is 0 Å². The molecule has 1 saturated heterocycles. The van der Waals surface area contributed by atoms with Crippen LogP contribution in [-0.4, -0.2) is 71.7 Å². The molecule has 2 aliphatic rings. The number of anilines is 1. The average molecular weight is 511 g/mol. The Bertz CT molecular complexity index is 1340. The molecule has 3 aromatic rings. The molecule has 1 fully saturated rings. The Balaban J connectivity index is 1.28. The minimum absolute atomic E-state index is 0.0614. The average Bonchev–Trinajstić information content (AvgIpc) is 2.93. The fraction of sp³-hybridized carbons (Fsp3) is 0.419.